The smallest absolute Gasteiger partial charge is 0.416 e. The average molecular weight is 547 g/mol. The maximum Gasteiger partial charge on any atom is 0.416 e. The number of halogens is 5. The van der Waals surface area contributed by atoms with Gasteiger partial charge in [-0.05, 0) is 42.5 Å². The van der Waals surface area contributed by atoms with E-state index in [1.54, 1.807) is 30.3 Å². The largest absolute Gasteiger partial charge is 0.481 e. The molecule has 0 spiro atoms. The van der Waals surface area contributed by atoms with Gasteiger partial charge in [-0.3, -0.25) is 4.79 Å². The number of benzene rings is 3. The summed E-state index contributed by atoms with van der Waals surface area (Å²) in [6, 6.07) is 15.4. The van der Waals surface area contributed by atoms with E-state index in [0.29, 0.717) is 48.5 Å². The summed E-state index contributed by atoms with van der Waals surface area (Å²) < 4.78 is 56.1. The standard InChI is InChI=1S/C27H23ClF4N4O2/c28-18-4-3-5-19(15-18)34-10-12-35(13-11-34)26-33-22-7-2-1-6-20(22)23(16-25(37)38)36(26)24-14-17(27(30,31)32)8-9-21(24)29/h1-9,14-15,23H,10-13,16H2,(H,37,38). The van der Waals surface area contributed by atoms with Crippen LogP contribution in [-0.2, 0) is 11.0 Å². The quantitative estimate of drug-likeness (QED) is 0.387. The molecule has 5 rings (SSSR count). The Hall–Kier alpha value is -3.79. The minimum Gasteiger partial charge on any atom is -0.481 e. The van der Waals surface area contributed by atoms with Gasteiger partial charge in [0.1, 0.15) is 5.82 Å². The number of aliphatic carboxylic acids is 1. The summed E-state index contributed by atoms with van der Waals surface area (Å²) in [5.41, 5.74) is 0.504. The minimum atomic E-state index is -4.71. The highest BCUT2D eigenvalue weighted by Crippen LogP contribution is 2.43. The van der Waals surface area contributed by atoms with Gasteiger partial charge < -0.3 is 19.8 Å². The van der Waals surface area contributed by atoms with Gasteiger partial charge in [0.25, 0.3) is 0 Å². The van der Waals surface area contributed by atoms with Crippen LogP contribution in [0, 0.1) is 5.82 Å². The third kappa shape index (κ3) is 5.13. The van der Waals surface area contributed by atoms with E-state index in [-0.39, 0.29) is 11.6 Å². The molecule has 1 N–H and O–H groups in total. The number of carbonyl (C=O) groups is 1. The molecule has 2 aliphatic heterocycles. The average Bonchev–Trinajstić information content (AvgIpc) is 2.88. The third-order valence-corrected chi connectivity index (χ3v) is 6.92. The number of aliphatic imine (C=N–C) groups is 1. The third-order valence-electron chi connectivity index (χ3n) is 6.68. The number of carboxylic acid groups (broad SMARTS) is 1. The lowest BCUT2D eigenvalue weighted by atomic mass is 9.97. The van der Waals surface area contributed by atoms with Gasteiger partial charge in [0.2, 0.25) is 5.96 Å². The SMILES string of the molecule is O=C(O)CC1c2ccccc2N=C(N2CCN(c3cccc(Cl)c3)CC2)N1c1cc(C(F)(F)F)ccc1F. The van der Waals surface area contributed by atoms with Crippen molar-refractivity contribution in [3.05, 3.63) is 88.7 Å². The molecule has 1 saturated heterocycles. The Morgan fingerprint density at radius 1 is 0.974 bits per heavy atom. The number of guanidine groups is 1. The molecule has 11 heteroatoms. The molecule has 0 bridgehead atoms. The first-order valence-electron chi connectivity index (χ1n) is 11.9. The van der Waals surface area contributed by atoms with Crippen molar-refractivity contribution >= 4 is 40.6 Å². The van der Waals surface area contributed by atoms with Gasteiger partial charge in [-0.25, -0.2) is 9.38 Å². The topological polar surface area (TPSA) is 59.4 Å². The first-order chi connectivity index (χ1) is 18.1. The normalized spacial score (nSPS) is 17.8. The maximum absolute atomic E-state index is 15.2. The van der Waals surface area contributed by atoms with Gasteiger partial charge in [-0.2, -0.15) is 13.2 Å². The van der Waals surface area contributed by atoms with Crippen LogP contribution in [0.15, 0.2) is 71.7 Å². The van der Waals surface area contributed by atoms with Crippen molar-refractivity contribution in [3.8, 4) is 0 Å². The molecular formula is C27H23ClF4N4O2. The van der Waals surface area contributed by atoms with Gasteiger partial charge in [-0.15, -0.1) is 0 Å². The number of alkyl halides is 3. The maximum atomic E-state index is 15.2. The van der Waals surface area contributed by atoms with E-state index < -0.39 is 36.0 Å². The summed E-state index contributed by atoms with van der Waals surface area (Å²) in [5, 5.41) is 10.3. The fourth-order valence-corrected chi connectivity index (χ4v) is 5.07. The molecule has 0 radical (unpaired) electrons. The van der Waals surface area contributed by atoms with Crippen molar-refractivity contribution in [1.29, 1.82) is 0 Å². The molecule has 2 heterocycles. The van der Waals surface area contributed by atoms with Crippen LogP contribution in [0.25, 0.3) is 0 Å². The first-order valence-corrected chi connectivity index (χ1v) is 12.3. The highest BCUT2D eigenvalue weighted by Gasteiger charge is 2.39. The van der Waals surface area contributed by atoms with Crippen molar-refractivity contribution in [2.45, 2.75) is 18.6 Å². The van der Waals surface area contributed by atoms with Gasteiger partial charge in [0, 0.05) is 42.5 Å². The van der Waals surface area contributed by atoms with E-state index in [0.717, 1.165) is 17.8 Å². The molecule has 0 aromatic heterocycles. The lowest BCUT2D eigenvalue weighted by Gasteiger charge is -2.45. The number of anilines is 2. The summed E-state index contributed by atoms with van der Waals surface area (Å²) in [4.78, 5) is 21.9. The van der Waals surface area contributed by atoms with Gasteiger partial charge in [0.05, 0.1) is 29.4 Å². The number of carboxylic acids is 1. The molecule has 3 aromatic rings. The molecule has 6 nitrogen and oxygen atoms in total. The van der Waals surface area contributed by atoms with Gasteiger partial charge in [-0.1, -0.05) is 35.9 Å². The second-order valence-corrected chi connectivity index (χ2v) is 9.51. The molecular weight excluding hydrogens is 524 g/mol. The number of hydrogen-bond acceptors (Lipinski definition) is 5. The van der Waals surface area contributed by atoms with Crippen LogP contribution in [0.2, 0.25) is 5.02 Å². The molecule has 0 amide bonds. The van der Waals surface area contributed by atoms with Gasteiger partial charge in [0.15, 0.2) is 0 Å². The molecule has 3 aromatic carbocycles. The van der Waals surface area contributed by atoms with Crippen molar-refractivity contribution in [1.82, 2.24) is 4.90 Å². The van der Waals surface area contributed by atoms with E-state index in [1.807, 2.05) is 23.1 Å². The zero-order valence-corrected chi connectivity index (χ0v) is 20.8. The summed E-state index contributed by atoms with van der Waals surface area (Å²) in [6.45, 7) is 1.93. The van der Waals surface area contributed by atoms with Crippen molar-refractivity contribution in [3.63, 3.8) is 0 Å². The van der Waals surface area contributed by atoms with Crippen LogP contribution in [0.3, 0.4) is 0 Å². The van der Waals surface area contributed by atoms with E-state index >= 15 is 4.39 Å². The van der Waals surface area contributed by atoms with Crippen LogP contribution in [0.5, 0.6) is 0 Å². The van der Waals surface area contributed by atoms with E-state index in [9.17, 15) is 23.1 Å². The zero-order chi connectivity index (χ0) is 27.0. The highest BCUT2D eigenvalue weighted by atomic mass is 35.5. The van der Waals surface area contributed by atoms with Crippen LogP contribution in [-0.4, -0.2) is 48.1 Å². The lowest BCUT2D eigenvalue weighted by molar-refractivity contribution is -0.138. The number of fused-ring (bicyclic) bond motifs is 1. The Morgan fingerprint density at radius 2 is 1.68 bits per heavy atom. The number of para-hydroxylation sites is 1. The van der Waals surface area contributed by atoms with E-state index in [4.69, 9.17) is 16.6 Å². The predicted octanol–water partition coefficient (Wildman–Crippen LogP) is 6.34. The van der Waals surface area contributed by atoms with Crippen LogP contribution < -0.4 is 9.80 Å². The Kier molecular flexibility index (Phi) is 6.92. The fraction of sp³-hybridized carbons (Fsp3) is 0.259. The number of nitrogens with zero attached hydrogens (tertiary/aromatic N) is 4. The molecule has 38 heavy (non-hydrogen) atoms. The monoisotopic (exact) mass is 546 g/mol. The Balaban J connectivity index is 1.57. The van der Waals surface area contributed by atoms with Crippen LogP contribution in [0.1, 0.15) is 23.6 Å². The number of piperazine rings is 1. The second kappa shape index (κ2) is 10.2. The second-order valence-electron chi connectivity index (χ2n) is 9.07. The Bertz CT molecular complexity index is 1390. The molecule has 2 aliphatic rings. The highest BCUT2D eigenvalue weighted by molar-refractivity contribution is 6.30. The Morgan fingerprint density at radius 3 is 2.37 bits per heavy atom. The summed E-state index contributed by atoms with van der Waals surface area (Å²) in [6.07, 6.45) is -5.17. The minimum absolute atomic E-state index is 0.207. The zero-order valence-electron chi connectivity index (χ0n) is 20.0. The molecule has 198 valence electrons. The molecule has 0 aliphatic carbocycles. The number of hydrogen-bond donors (Lipinski definition) is 1. The Labute approximate surface area is 221 Å². The molecule has 0 saturated carbocycles. The number of rotatable bonds is 4. The molecule has 1 fully saturated rings. The van der Waals surface area contributed by atoms with Crippen molar-refractivity contribution in [2.24, 2.45) is 4.99 Å². The summed E-state index contributed by atoms with van der Waals surface area (Å²) >= 11 is 6.14. The molecule has 1 atom stereocenters. The van der Waals surface area contributed by atoms with E-state index in [2.05, 4.69) is 4.90 Å². The fourth-order valence-electron chi connectivity index (χ4n) is 4.89. The lowest BCUT2D eigenvalue weighted by Crippen LogP contribution is -2.55. The van der Waals surface area contributed by atoms with Crippen molar-refractivity contribution < 1.29 is 27.5 Å². The van der Waals surface area contributed by atoms with Crippen LogP contribution in [0.4, 0.5) is 34.6 Å². The van der Waals surface area contributed by atoms with Crippen molar-refractivity contribution in [2.75, 3.05) is 36.0 Å². The van der Waals surface area contributed by atoms with Crippen LogP contribution >= 0.6 is 11.6 Å². The molecule has 1 unspecified atom stereocenters. The summed E-state index contributed by atoms with van der Waals surface area (Å²) in [7, 11) is 0. The first kappa shape index (κ1) is 25.8. The van der Waals surface area contributed by atoms with E-state index in [1.165, 1.54) is 4.90 Å². The predicted molar refractivity (Wildman–Crippen MR) is 138 cm³/mol. The summed E-state index contributed by atoms with van der Waals surface area (Å²) in [5.74, 6) is -1.87. The van der Waals surface area contributed by atoms with Gasteiger partial charge >= 0.3 is 12.1 Å².